The topological polar surface area (TPSA) is 92.8 Å². The lowest BCUT2D eigenvalue weighted by Crippen LogP contribution is -2.39. The van der Waals surface area contributed by atoms with Gasteiger partial charge in [-0.1, -0.05) is 17.7 Å². The fraction of sp³-hybridized carbons (Fsp3) is 0.300. The Morgan fingerprint density at radius 1 is 1.14 bits per heavy atom. The van der Waals surface area contributed by atoms with E-state index in [4.69, 9.17) is 4.74 Å². The zero-order valence-electron chi connectivity index (χ0n) is 15.3. The van der Waals surface area contributed by atoms with Gasteiger partial charge >= 0.3 is 0 Å². The second kappa shape index (κ2) is 7.03. The summed E-state index contributed by atoms with van der Waals surface area (Å²) in [4.78, 5) is 23.4. The van der Waals surface area contributed by atoms with Crippen LogP contribution in [0.3, 0.4) is 0 Å². The summed E-state index contributed by atoms with van der Waals surface area (Å²) in [7, 11) is -3.80. The number of carbonyl (C=O) groups excluding carboxylic acids is 2. The number of hydrogen-bond donors (Lipinski definition) is 1. The second-order valence-electron chi connectivity index (χ2n) is 7.03. The summed E-state index contributed by atoms with van der Waals surface area (Å²) >= 11 is 0. The van der Waals surface area contributed by atoms with E-state index in [1.165, 1.54) is 22.5 Å². The van der Waals surface area contributed by atoms with Gasteiger partial charge in [0.15, 0.2) is 0 Å². The standard InChI is InChI=1S/C20H20N2O5S/c1-13-4-6-15(7-5-13)27-12-14-3-2-10-22(14)28(25,26)16-8-9-18-17(11-16)19(23)20(24)21-18/h4-9,11,14H,2-3,10,12H2,1H3,(H,21,23,24). The maximum absolute atomic E-state index is 13.1. The highest BCUT2D eigenvalue weighted by atomic mass is 32.2. The van der Waals surface area contributed by atoms with Gasteiger partial charge in [0.25, 0.3) is 11.7 Å². The molecular formula is C20H20N2O5S. The molecule has 1 atom stereocenters. The zero-order valence-corrected chi connectivity index (χ0v) is 16.2. The van der Waals surface area contributed by atoms with E-state index < -0.39 is 21.7 Å². The van der Waals surface area contributed by atoms with Crippen LogP contribution in [0.1, 0.15) is 28.8 Å². The molecular weight excluding hydrogens is 380 g/mol. The van der Waals surface area contributed by atoms with Crippen LogP contribution >= 0.6 is 0 Å². The Balaban J connectivity index is 1.54. The van der Waals surface area contributed by atoms with Crippen molar-refractivity contribution in [1.82, 2.24) is 4.31 Å². The summed E-state index contributed by atoms with van der Waals surface area (Å²) in [5.41, 5.74) is 1.56. The molecule has 1 saturated heterocycles. The highest BCUT2D eigenvalue weighted by Crippen LogP contribution is 2.31. The van der Waals surface area contributed by atoms with Crippen molar-refractivity contribution in [2.24, 2.45) is 0 Å². The van der Waals surface area contributed by atoms with Gasteiger partial charge in [-0.3, -0.25) is 9.59 Å². The van der Waals surface area contributed by atoms with Crippen molar-refractivity contribution in [3.63, 3.8) is 0 Å². The van der Waals surface area contributed by atoms with Crippen molar-refractivity contribution in [1.29, 1.82) is 0 Å². The van der Waals surface area contributed by atoms with E-state index in [0.29, 0.717) is 24.4 Å². The quantitative estimate of drug-likeness (QED) is 0.778. The Labute approximate surface area is 163 Å². The van der Waals surface area contributed by atoms with E-state index in [0.717, 1.165) is 12.0 Å². The molecule has 0 aliphatic carbocycles. The summed E-state index contributed by atoms with van der Waals surface area (Å²) in [5, 5.41) is 2.43. The number of benzene rings is 2. The minimum Gasteiger partial charge on any atom is -0.492 e. The van der Waals surface area contributed by atoms with Gasteiger partial charge in [0.2, 0.25) is 10.0 Å². The Hall–Kier alpha value is -2.71. The highest BCUT2D eigenvalue weighted by molar-refractivity contribution is 7.89. The van der Waals surface area contributed by atoms with Crippen molar-refractivity contribution in [2.75, 3.05) is 18.5 Å². The van der Waals surface area contributed by atoms with Crippen LogP contribution in [0.15, 0.2) is 47.4 Å². The van der Waals surface area contributed by atoms with Gasteiger partial charge in [-0.15, -0.1) is 0 Å². The monoisotopic (exact) mass is 400 g/mol. The molecule has 1 amide bonds. The summed E-state index contributed by atoms with van der Waals surface area (Å²) in [5.74, 6) is -0.759. The van der Waals surface area contributed by atoms with Gasteiger partial charge in [0.05, 0.1) is 22.2 Å². The van der Waals surface area contributed by atoms with Crippen LogP contribution in [0, 0.1) is 6.92 Å². The number of carbonyl (C=O) groups is 2. The summed E-state index contributed by atoms with van der Waals surface area (Å²) in [6.07, 6.45) is 1.44. The molecule has 4 rings (SSSR count). The average molecular weight is 400 g/mol. The lowest BCUT2D eigenvalue weighted by molar-refractivity contribution is -0.112. The average Bonchev–Trinajstić information content (AvgIpc) is 3.26. The van der Waals surface area contributed by atoms with Crippen LogP contribution in [0.25, 0.3) is 0 Å². The van der Waals surface area contributed by atoms with Gasteiger partial charge < -0.3 is 10.1 Å². The van der Waals surface area contributed by atoms with Crippen LogP contribution in [0.2, 0.25) is 0 Å². The molecule has 7 nitrogen and oxygen atoms in total. The van der Waals surface area contributed by atoms with Crippen molar-refractivity contribution in [2.45, 2.75) is 30.7 Å². The number of hydrogen-bond acceptors (Lipinski definition) is 5. The maximum Gasteiger partial charge on any atom is 0.296 e. The third-order valence-electron chi connectivity index (χ3n) is 5.08. The third-order valence-corrected chi connectivity index (χ3v) is 7.03. The van der Waals surface area contributed by atoms with Crippen LogP contribution in [0.5, 0.6) is 5.75 Å². The largest absolute Gasteiger partial charge is 0.492 e. The minimum atomic E-state index is -3.80. The van der Waals surface area contributed by atoms with Crippen molar-refractivity contribution >= 4 is 27.4 Å². The zero-order chi connectivity index (χ0) is 19.9. The number of Topliss-reactive ketones (excluding diaryl/α,β-unsaturated/α-hetero) is 1. The Kier molecular flexibility index (Phi) is 4.68. The first-order chi connectivity index (χ1) is 13.4. The number of nitrogens with one attached hydrogen (secondary N) is 1. The van der Waals surface area contributed by atoms with E-state index in [1.807, 2.05) is 31.2 Å². The smallest absolute Gasteiger partial charge is 0.296 e. The molecule has 2 heterocycles. The van der Waals surface area contributed by atoms with Gasteiger partial charge in [-0.2, -0.15) is 4.31 Å². The molecule has 0 saturated carbocycles. The van der Waals surface area contributed by atoms with Gasteiger partial charge in [0.1, 0.15) is 12.4 Å². The molecule has 1 unspecified atom stereocenters. The number of nitrogens with zero attached hydrogens (tertiary/aromatic N) is 1. The van der Waals surface area contributed by atoms with Gasteiger partial charge in [0, 0.05) is 6.54 Å². The van der Waals surface area contributed by atoms with E-state index in [-0.39, 0.29) is 23.1 Å². The maximum atomic E-state index is 13.1. The molecule has 146 valence electrons. The Morgan fingerprint density at radius 3 is 2.64 bits per heavy atom. The van der Waals surface area contributed by atoms with Crippen molar-refractivity contribution < 1.29 is 22.7 Å². The molecule has 8 heteroatoms. The molecule has 1 N–H and O–H groups in total. The van der Waals surface area contributed by atoms with Gasteiger partial charge in [-0.25, -0.2) is 8.42 Å². The number of aryl methyl sites for hydroxylation is 1. The van der Waals surface area contributed by atoms with Crippen molar-refractivity contribution in [3.05, 3.63) is 53.6 Å². The normalized spacial score (nSPS) is 19.5. The lowest BCUT2D eigenvalue weighted by atomic mass is 10.1. The molecule has 0 radical (unpaired) electrons. The van der Waals surface area contributed by atoms with Crippen molar-refractivity contribution in [3.8, 4) is 5.75 Å². The number of ketones is 1. The number of sulfonamides is 1. The number of amides is 1. The van der Waals surface area contributed by atoms with Crippen LogP contribution in [-0.4, -0.2) is 43.6 Å². The molecule has 0 spiro atoms. The molecule has 0 aromatic heterocycles. The highest BCUT2D eigenvalue weighted by Gasteiger charge is 2.37. The molecule has 2 aliphatic heterocycles. The molecule has 1 fully saturated rings. The minimum absolute atomic E-state index is 0.0123. The van der Waals surface area contributed by atoms with Gasteiger partial charge in [-0.05, 0) is 50.1 Å². The fourth-order valence-corrected chi connectivity index (χ4v) is 5.24. The first kappa shape index (κ1) is 18.6. The van der Waals surface area contributed by atoms with E-state index in [9.17, 15) is 18.0 Å². The predicted molar refractivity (Wildman–Crippen MR) is 103 cm³/mol. The Morgan fingerprint density at radius 2 is 1.89 bits per heavy atom. The number of ether oxygens (including phenoxy) is 1. The molecule has 28 heavy (non-hydrogen) atoms. The van der Waals surface area contributed by atoms with Crippen LogP contribution in [0.4, 0.5) is 5.69 Å². The summed E-state index contributed by atoms with van der Waals surface area (Å²) in [6, 6.07) is 11.5. The summed E-state index contributed by atoms with van der Waals surface area (Å²) < 4.78 is 33.5. The molecule has 2 aliphatic rings. The van der Waals surface area contributed by atoms with E-state index in [2.05, 4.69) is 5.32 Å². The van der Waals surface area contributed by atoms with Crippen LogP contribution in [-0.2, 0) is 14.8 Å². The predicted octanol–water partition coefficient (Wildman–Crippen LogP) is 2.36. The first-order valence-electron chi connectivity index (χ1n) is 9.07. The number of anilines is 1. The third kappa shape index (κ3) is 3.29. The van der Waals surface area contributed by atoms with Crippen LogP contribution < -0.4 is 10.1 Å². The number of fused-ring (bicyclic) bond motifs is 1. The lowest BCUT2D eigenvalue weighted by Gasteiger charge is -2.24. The first-order valence-corrected chi connectivity index (χ1v) is 10.5. The van der Waals surface area contributed by atoms with E-state index >= 15 is 0 Å². The fourth-order valence-electron chi connectivity index (χ4n) is 3.54. The number of rotatable bonds is 5. The second-order valence-corrected chi connectivity index (χ2v) is 8.92. The summed E-state index contributed by atoms with van der Waals surface area (Å²) in [6.45, 7) is 2.64. The van der Waals surface area contributed by atoms with E-state index in [1.54, 1.807) is 0 Å². The molecule has 2 aromatic carbocycles. The molecule has 2 aromatic rings. The molecule has 0 bridgehead atoms. The SMILES string of the molecule is Cc1ccc(OCC2CCCN2S(=O)(=O)c2ccc3c(c2)C(=O)C(=O)N3)cc1. The Bertz CT molecular complexity index is 1050.